The minimum absolute atomic E-state index is 0.174. The molecule has 32 heavy (non-hydrogen) atoms. The number of imidazole rings is 1. The zero-order chi connectivity index (χ0) is 21.9. The van der Waals surface area contributed by atoms with E-state index < -0.39 is 17.2 Å². The van der Waals surface area contributed by atoms with E-state index in [2.05, 4.69) is 24.9 Å². The van der Waals surface area contributed by atoms with Crippen LogP contribution in [0.5, 0.6) is 5.75 Å². The van der Waals surface area contributed by atoms with Crippen molar-refractivity contribution in [3.63, 3.8) is 0 Å². The topological polar surface area (TPSA) is 114 Å². The van der Waals surface area contributed by atoms with Gasteiger partial charge in [0.05, 0.1) is 11.8 Å². The van der Waals surface area contributed by atoms with Crippen molar-refractivity contribution in [2.24, 2.45) is 0 Å². The molecule has 8 nitrogen and oxygen atoms in total. The van der Waals surface area contributed by atoms with Crippen molar-refractivity contribution in [3.05, 3.63) is 65.6 Å². The van der Waals surface area contributed by atoms with Gasteiger partial charge in [0, 0.05) is 29.4 Å². The molecular formula is C23H18FN5O3. The molecule has 1 saturated carbocycles. The largest absolute Gasteiger partial charge is 0.505 e. The van der Waals surface area contributed by atoms with Crippen LogP contribution in [0, 0.1) is 5.82 Å². The molecule has 4 aromatic rings. The Morgan fingerprint density at radius 3 is 2.81 bits per heavy atom. The quantitative estimate of drug-likeness (QED) is 0.461. The summed E-state index contributed by atoms with van der Waals surface area (Å²) < 4.78 is 19.2. The standard InChI is InChI=1S/C23H18FN5O3/c24-16-2-1-13(9-18(16)30)19-26-11-17-21(28-19)29-20(27-17)12-3-6-23(7-4-12)15-10-25-8-5-14(15)22(31)32-23/h1-2,5,8-12,30H,3-4,6-7H2,(H,26,27,28,29)/t12-,23-. The van der Waals surface area contributed by atoms with Crippen LogP contribution in [0.25, 0.3) is 22.6 Å². The molecule has 0 atom stereocenters. The van der Waals surface area contributed by atoms with Crippen LogP contribution in [0.4, 0.5) is 4.39 Å². The highest BCUT2D eigenvalue weighted by atomic mass is 19.1. The first-order valence-electron chi connectivity index (χ1n) is 10.4. The number of phenols is 1. The molecule has 3 aromatic heterocycles. The minimum atomic E-state index is -0.696. The summed E-state index contributed by atoms with van der Waals surface area (Å²) in [4.78, 5) is 33.2. The number of rotatable bonds is 2. The van der Waals surface area contributed by atoms with Gasteiger partial charge in [-0.3, -0.25) is 4.98 Å². The summed E-state index contributed by atoms with van der Waals surface area (Å²) in [6.07, 6.45) is 7.99. The molecular weight excluding hydrogens is 413 g/mol. The number of aromatic hydroxyl groups is 1. The molecule has 0 radical (unpaired) electrons. The lowest BCUT2D eigenvalue weighted by Gasteiger charge is -2.35. The van der Waals surface area contributed by atoms with Gasteiger partial charge < -0.3 is 14.8 Å². The van der Waals surface area contributed by atoms with E-state index in [9.17, 15) is 14.3 Å². The van der Waals surface area contributed by atoms with E-state index >= 15 is 0 Å². The first-order valence-corrected chi connectivity index (χ1v) is 10.4. The highest BCUT2D eigenvalue weighted by Gasteiger charge is 2.48. The van der Waals surface area contributed by atoms with Crippen LogP contribution in [-0.2, 0) is 10.3 Å². The van der Waals surface area contributed by atoms with Gasteiger partial charge in [0.1, 0.15) is 16.9 Å². The molecule has 1 aromatic carbocycles. The molecule has 0 unspecified atom stereocenters. The lowest BCUT2D eigenvalue weighted by molar-refractivity contribution is -0.0313. The molecule has 6 rings (SSSR count). The number of ether oxygens (including phenoxy) is 1. The molecule has 1 aliphatic heterocycles. The van der Waals surface area contributed by atoms with Crippen molar-refractivity contribution in [3.8, 4) is 17.1 Å². The zero-order valence-electron chi connectivity index (χ0n) is 16.9. The van der Waals surface area contributed by atoms with Gasteiger partial charge in [0.15, 0.2) is 23.0 Å². The normalized spacial score (nSPS) is 22.3. The number of nitrogens with one attached hydrogen (secondary N) is 1. The number of benzene rings is 1. The average molecular weight is 431 g/mol. The maximum Gasteiger partial charge on any atom is 0.339 e. The number of aromatic nitrogens is 5. The van der Waals surface area contributed by atoms with E-state index in [0.717, 1.165) is 24.2 Å². The van der Waals surface area contributed by atoms with Crippen molar-refractivity contribution >= 4 is 17.1 Å². The lowest BCUT2D eigenvalue weighted by Crippen LogP contribution is -2.31. The zero-order valence-corrected chi connectivity index (χ0v) is 16.9. The van der Waals surface area contributed by atoms with E-state index in [0.29, 0.717) is 41.0 Å². The van der Waals surface area contributed by atoms with E-state index in [1.165, 1.54) is 18.2 Å². The van der Waals surface area contributed by atoms with Gasteiger partial charge in [-0.05, 0) is 49.9 Å². The van der Waals surface area contributed by atoms with Gasteiger partial charge in [-0.2, -0.15) is 0 Å². The number of halogens is 1. The van der Waals surface area contributed by atoms with Crippen molar-refractivity contribution in [1.29, 1.82) is 0 Å². The van der Waals surface area contributed by atoms with Crippen molar-refractivity contribution in [1.82, 2.24) is 24.9 Å². The van der Waals surface area contributed by atoms with Gasteiger partial charge in [0.2, 0.25) is 0 Å². The predicted octanol–water partition coefficient (Wildman–Crippen LogP) is 3.98. The van der Waals surface area contributed by atoms with Crippen molar-refractivity contribution < 1.29 is 19.0 Å². The second-order valence-electron chi connectivity index (χ2n) is 8.30. The van der Waals surface area contributed by atoms with Crippen molar-refractivity contribution in [2.75, 3.05) is 0 Å². The number of esters is 1. The number of phenolic OH excluding ortho intramolecular Hbond substituents is 1. The number of aromatic amines is 1. The molecule has 4 heterocycles. The monoisotopic (exact) mass is 431 g/mol. The molecule has 160 valence electrons. The Balaban J connectivity index is 1.26. The summed E-state index contributed by atoms with van der Waals surface area (Å²) >= 11 is 0. The maximum absolute atomic E-state index is 13.4. The average Bonchev–Trinajstić information content (AvgIpc) is 3.35. The van der Waals surface area contributed by atoms with Gasteiger partial charge >= 0.3 is 5.97 Å². The number of nitrogens with zero attached hydrogens (tertiary/aromatic N) is 4. The third kappa shape index (κ3) is 2.84. The molecule has 0 amide bonds. The summed E-state index contributed by atoms with van der Waals surface area (Å²) in [7, 11) is 0. The number of carbonyl (C=O) groups is 1. The molecule has 1 spiro atoms. The number of hydrogen-bond acceptors (Lipinski definition) is 7. The van der Waals surface area contributed by atoms with Crippen LogP contribution in [0.3, 0.4) is 0 Å². The Hall–Kier alpha value is -3.88. The van der Waals surface area contributed by atoms with Crippen molar-refractivity contribution in [2.45, 2.75) is 37.2 Å². The minimum Gasteiger partial charge on any atom is -0.505 e. The number of carbonyl (C=O) groups excluding carboxylic acids is 1. The molecule has 1 aliphatic carbocycles. The van der Waals surface area contributed by atoms with Gasteiger partial charge in [-0.15, -0.1) is 0 Å². The first kappa shape index (κ1) is 18.9. The molecule has 2 aliphatic rings. The third-order valence-electron chi connectivity index (χ3n) is 6.46. The maximum atomic E-state index is 13.4. The first-order chi connectivity index (χ1) is 15.5. The highest BCUT2D eigenvalue weighted by molar-refractivity contribution is 5.94. The summed E-state index contributed by atoms with van der Waals surface area (Å²) in [5, 5.41) is 9.63. The highest BCUT2D eigenvalue weighted by Crippen LogP contribution is 2.49. The van der Waals surface area contributed by atoms with Crippen LogP contribution in [0.2, 0.25) is 0 Å². The summed E-state index contributed by atoms with van der Waals surface area (Å²) in [5.41, 5.74) is 2.61. The fourth-order valence-electron chi connectivity index (χ4n) is 4.76. The fraction of sp³-hybridized carbons (Fsp3) is 0.261. The van der Waals surface area contributed by atoms with Crippen LogP contribution in [0.15, 0.2) is 42.9 Å². The SMILES string of the molecule is O=C1O[C@]2(CC[C@H](c3nc4nc(-c5ccc(F)c(O)c5)ncc4[nH]3)CC2)c2cnccc21. The van der Waals surface area contributed by atoms with Crippen LogP contribution in [-0.4, -0.2) is 36.0 Å². The second-order valence-corrected chi connectivity index (χ2v) is 8.30. The van der Waals surface area contributed by atoms with E-state index in [4.69, 9.17) is 4.74 Å². The van der Waals surface area contributed by atoms with Crippen LogP contribution in [0.1, 0.15) is 53.3 Å². The van der Waals surface area contributed by atoms with E-state index in [1.54, 1.807) is 24.7 Å². The molecule has 0 bridgehead atoms. The Bertz CT molecular complexity index is 1380. The number of fused-ring (bicyclic) bond motifs is 3. The Kier molecular flexibility index (Phi) is 4.01. The molecule has 0 saturated heterocycles. The second kappa shape index (κ2) is 6.81. The predicted molar refractivity (Wildman–Crippen MR) is 111 cm³/mol. The number of H-pyrrole nitrogens is 1. The summed E-state index contributed by atoms with van der Waals surface area (Å²) in [5.74, 6) is -0.0751. The van der Waals surface area contributed by atoms with Crippen LogP contribution >= 0.6 is 0 Å². The van der Waals surface area contributed by atoms with E-state index in [-0.39, 0.29) is 11.9 Å². The van der Waals surface area contributed by atoms with Gasteiger partial charge in [-0.25, -0.2) is 24.1 Å². The molecule has 2 N–H and O–H groups in total. The molecule has 1 fully saturated rings. The number of pyridine rings is 1. The van der Waals surface area contributed by atoms with E-state index in [1.807, 2.05) is 0 Å². The lowest BCUT2D eigenvalue weighted by atomic mass is 9.75. The fourth-order valence-corrected chi connectivity index (χ4v) is 4.76. The Labute approximate surface area is 181 Å². The summed E-state index contributed by atoms with van der Waals surface area (Å²) in [6.45, 7) is 0. The Morgan fingerprint density at radius 1 is 1.16 bits per heavy atom. The number of hydrogen-bond donors (Lipinski definition) is 2. The smallest absolute Gasteiger partial charge is 0.339 e. The van der Waals surface area contributed by atoms with Gasteiger partial charge in [-0.1, -0.05) is 0 Å². The summed E-state index contributed by atoms with van der Waals surface area (Å²) in [6, 6.07) is 5.70. The van der Waals surface area contributed by atoms with Gasteiger partial charge in [0.25, 0.3) is 0 Å². The molecule has 9 heteroatoms. The third-order valence-corrected chi connectivity index (χ3v) is 6.46. The Morgan fingerprint density at radius 2 is 2.00 bits per heavy atom. The van der Waals surface area contributed by atoms with Crippen LogP contribution < -0.4 is 0 Å².